The summed E-state index contributed by atoms with van der Waals surface area (Å²) < 4.78 is 0. The summed E-state index contributed by atoms with van der Waals surface area (Å²) in [5, 5.41) is 12.2. The molecular weight excluding hydrogens is 312 g/mol. The number of rotatable bonds is 5. The highest BCUT2D eigenvalue weighted by molar-refractivity contribution is 6.30. The monoisotopic (exact) mass is 324 g/mol. The molecule has 4 nitrogen and oxygen atoms in total. The first-order valence-corrected chi connectivity index (χ1v) is 7.21. The van der Waals surface area contributed by atoms with Crippen LogP contribution in [-0.2, 0) is 9.59 Å². The summed E-state index contributed by atoms with van der Waals surface area (Å²) in [4.78, 5) is 24.1. The Kier molecular flexibility index (Phi) is 5.67. The lowest BCUT2D eigenvalue weighted by molar-refractivity contribution is -0.126. The zero-order chi connectivity index (χ0) is 16.7. The zero-order valence-electron chi connectivity index (χ0n) is 12.1. The van der Waals surface area contributed by atoms with Crippen molar-refractivity contribution in [2.45, 2.75) is 0 Å². The van der Waals surface area contributed by atoms with Crippen LogP contribution in [0.4, 0.5) is 5.69 Å². The number of carbonyl (C=O) groups excluding carboxylic acids is 2. The Morgan fingerprint density at radius 1 is 1.13 bits per heavy atom. The predicted octanol–water partition coefficient (Wildman–Crippen LogP) is 3.70. The number of nitrogens with one attached hydrogen (secondary N) is 1. The summed E-state index contributed by atoms with van der Waals surface area (Å²) in [5.41, 5.74) is 1.25. The van der Waals surface area contributed by atoms with Crippen LogP contribution in [0.2, 0.25) is 5.02 Å². The maximum Gasteiger partial charge on any atom is 0.249 e. The van der Waals surface area contributed by atoms with Crippen LogP contribution in [0.1, 0.15) is 5.56 Å². The molecule has 0 aliphatic rings. The average molecular weight is 325 g/mol. The lowest BCUT2D eigenvalue weighted by atomic mass is 10.0. The van der Waals surface area contributed by atoms with E-state index in [1.165, 1.54) is 12.2 Å². The fraction of sp³-hybridized carbons (Fsp3) is 0.0556. The molecule has 0 saturated heterocycles. The van der Waals surface area contributed by atoms with Crippen molar-refractivity contribution in [3.8, 4) is 6.07 Å². The highest BCUT2D eigenvalue weighted by atomic mass is 35.5. The smallest absolute Gasteiger partial charge is 0.249 e. The van der Waals surface area contributed by atoms with Gasteiger partial charge in [0.25, 0.3) is 0 Å². The van der Waals surface area contributed by atoms with Gasteiger partial charge in [0, 0.05) is 10.7 Å². The third-order valence-corrected chi connectivity index (χ3v) is 3.24. The first kappa shape index (κ1) is 16.5. The average Bonchev–Trinajstić information content (AvgIpc) is 2.54. The second kappa shape index (κ2) is 7.92. The molecule has 2 aromatic carbocycles. The maximum atomic E-state index is 12.1. The number of ketones is 1. The molecule has 0 aromatic heterocycles. The number of benzene rings is 2. The van der Waals surface area contributed by atoms with Crippen LogP contribution in [0.25, 0.3) is 6.08 Å². The van der Waals surface area contributed by atoms with Crippen LogP contribution in [0, 0.1) is 17.2 Å². The molecule has 5 heteroatoms. The van der Waals surface area contributed by atoms with Gasteiger partial charge in [0.1, 0.15) is 0 Å². The fourth-order valence-corrected chi connectivity index (χ4v) is 2.07. The molecule has 23 heavy (non-hydrogen) atoms. The number of nitriles is 1. The lowest BCUT2D eigenvalue weighted by Gasteiger charge is -2.07. The molecule has 2 rings (SSSR count). The summed E-state index contributed by atoms with van der Waals surface area (Å²) in [6.45, 7) is 0. The molecule has 1 N–H and O–H groups in total. The Bertz CT molecular complexity index is 779. The quantitative estimate of drug-likeness (QED) is 0.673. The number of hydrogen-bond acceptors (Lipinski definition) is 3. The number of nitrogens with zero attached hydrogens (tertiary/aromatic N) is 1. The molecule has 1 amide bonds. The molecule has 0 bridgehead atoms. The van der Waals surface area contributed by atoms with E-state index < -0.39 is 17.6 Å². The second-order valence-electron chi connectivity index (χ2n) is 4.71. The first-order valence-electron chi connectivity index (χ1n) is 6.83. The van der Waals surface area contributed by atoms with Crippen LogP contribution in [-0.4, -0.2) is 11.7 Å². The Balaban J connectivity index is 2.06. The van der Waals surface area contributed by atoms with Gasteiger partial charge in [0.15, 0.2) is 11.7 Å². The molecule has 0 heterocycles. The van der Waals surface area contributed by atoms with E-state index in [1.807, 2.05) is 0 Å². The number of para-hydroxylation sites is 1. The van der Waals surface area contributed by atoms with E-state index in [0.29, 0.717) is 16.3 Å². The van der Waals surface area contributed by atoms with Gasteiger partial charge in [-0.1, -0.05) is 48.0 Å². The minimum absolute atomic E-state index is 0.532. The lowest BCUT2D eigenvalue weighted by Crippen LogP contribution is -2.27. The second-order valence-corrected chi connectivity index (χ2v) is 5.14. The van der Waals surface area contributed by atoms with E-state index in [4.69, 9.17) is 16.9 Å². The van der Waals surface area contributed by atoms with E-state index in [2.05, 4.69) is 5.32 Å². The van der Waals surface area contributed by atoms with Gasteiger partial charge < -0.3 is 5.32 Å². The topological polar surface area (TPSA) is 70.0 Å². The summed E-state index contributed by atoms with van der Waals surface area (Å²) in [5.74, 6) is -2.63. The van der Waals surface area contributed by atoms with E-state index in [9.17, 15) is 9.59 Å². The summed E-state index contributed by atoms with van der Waals surface area (Å²) >= 11 is 5.86. The normalized spacial score (nSPS) is 11.7. The molecule has 114 valence electrons. The van der Waals surface area contributed by atoms with Crippen LogP contribution in [0.15, 0.2) is 60.7 Å². The van der Waals surface area contributed by atoms with Gasteiger partial charge in [0.05, 0.1) is 6.07 Å². The van der Waals surface area contributed by atoms with E-state index in [-0.39, 0.29) is 0 Å². The van der Waals surface area contributed by atoms with E-state index in [1.54, 1.807) is 60.7 Å². The van der Waals surface area contributed by atoms with Crippen molar-refractivity contribution in [1.82, 2.24) is 0 Å². The van der Waals surface area contributed by atoms with Gasteiger partial charge in [-0.15, -0.1) is 0 Å². The van der Waals surface area contributed by atoms with Gasteiger partial charge in [-0.2, -0.15) is 5.26 Å². The molecule has 0 saturated carbocycles. The number of amides is 1. The van der Waals surface area contributed by atoms with Crippen LogP contribution in [0.5, 0.6) is 0 Å². The fourth-order valence-electron chi connectivity index (χ4n) is 1.87. The SMILES string of the molecule is N#CC(C(=O)/C=C/c1cccc(Cl)c1)C(=O)Nc1ccccc1. The number of halogens is 1. The van der Waals surface area contributed by atoms with Crippen molar-refractivity contribution in [2.24, 2.45) is 5.92 Å². The third-order valence-electron chi connectivity index (χ3n) is 3.01. The Morgan fingerprint density at radius 2 is 1.87 bits per heavy atom. The largest absolute Gasteiger partial charge is 0.325 e. The molecule has 1 atom stereocenters. The first-order chi connectivity index (χ1) is 11.1. The van der Waals surface area contributed by atoms with Crippen molar-refractivity contribution in [3.63, 3.8) is 0 Å². The number of allylic oxidation sites excluding steroid dienone is 1. The highest BCUT2D eigenvalue weighted by Gasteiger charge is 2.24. The van der Waals surface area contributed by atoms with Crippen molar-refractivity contribution in [3.05, 3.63) is 71.3 Å². The van der Waals surface area contributed by atoms with E-state index in [0.717, 1.165) is 0 Å². The van der Waals surface area contributed by atoms with Gasteiger partial charge >= 0.3 is 0 Å². The summed E-state index contributed by atoms with van der Waals surface area (Å²) in [6.07, 6.45) is 2.73. The highest BCUT2D eigenvalue weighted by Crippen LogP contribution is 2.13. The van der Waals surface area contributed by atoms with E-state index >= 15 is 0 Å². The molecular formula is C18H13ClN2O2. The molecule has 2 aromatic rings. The standard InChI is InChI=1S/C18H13ClN2O2/c19-14-6-4-5-13(11-14)9-10-17(22)16(12-20)18(23)21-15-7-2-1-3-8-15/h1-11,16H,(H,21,23)/b10-9+. The van der Waals surface area contributed by atoms with Gasteiger partial charge in [0.2, 0.25) is 5.91 Å². The third kappa shape index (κ3) is 4.80. The number of carbonyl (C=O) groups is 2. The van der Waals surface area contributed by atoms with Crippen molar-refractivity contribution in [2.75, 3.05) is 5.32 Å². The molecule has 0 aliphatic heterocycles. The summed E-state index contributed by atoms with van der Waals surface area (Å²) in [6, 6.07) is 17.3. The van der Waals surface area contributed by atoms with Crippen LogP contribution < -0.4 is 5.32 Å². The summed E-state index contributed by atoms with van der Waals surface area (Å²) in [7, 11) is 0. The Labute approximate surface area is 139 Å². The van der Waals surface area contributed by atoms with Crippen molar-refractivity contribution < 1.29 is 9.59 Å². The molecule has 0 aliphatic carbocycles. The number of hydrogen-bond donors (Lipinski definition) is 1. The maximum absolute atomic E-state index is 12.1. The minimum Gasteiger partial charge on any atom is -0.325 e. The van der Waals surface area contributed by atoms with Crippen molar-refractivity contribution >= 4 is 35.1 Å². The van der Waals surface area contributed by atoms with Crippen LogP contribution >= 0.6 is 11.6 Å². The van der Waals surface area contributed by atoms with Gasteiger partial charge in [-0.25, -0.2) is 0 Å². The molecule has 0 radical (unpaired) electrons. The van der Waals surface area contributed by atoms with Crippen LogP contribution in [0.3, 0.4) is 0 Å². The minimum atomic E-state index is -1.40. The Morgan fingerprint density at radius 3 is 2.52 bits per heavy atom. The molecule has 0 fully saturated rings. The molecule has 1 unspecified atom stereocenters. The Hall–Kier alpha value is -2.90. The van der Waals surface area contributed by atoms with Gasteiger partial charge in [-0.05, 0) is 35.9 Å². The number of anilines is 1. The van der Waals surface area contributed by atoms with Gasteiger partial charge in [-0.3, -0.25) is 9.59 Å². The molecule has 0 spiro atoms. The predicted molar refractivity (Wildman–Crippen MR) is 89.7 cm³/mol. The van der Waals surface area contributed by atoms with Crippen molar-refractivity contribution in [1.29, 1.82) is 5.26 Å². The zero-order valence-corrected chi connectivity index (χ0v) is 12.8.